The number of carboxylic acid groups (broad SMARTS) is 1. The molecule has 1 amide bonds. The van der Waals surface area contributed by atoms with Crippen LogP contribution in [0.3, 0.4) is 0 Å². The van der Waals surface area contributed by atoms with Gasteiger partial charge in [0.25, 0.3) is 5.91 Å². The molecule has 0 aliphatic carbocycles. The maximum Gasteiger partial charge on any atom is 0.336 e. The van der Waals surface area contributed by atoms with Gasteiger partial charge in [0.05, 0.1) is 19.1 Å². The van der Waals surface area contributed by atoms with E-state index in [1.807, 2.05) is 0 Å². The topological polar surface area (TPSA) is 92.7 Å². The average Bonchev–Trinajstić information content (AvgIpc) is 2.75. The van der Waals surface area contributed by atoms with Crippen LogP contribution in [0.1, 0.15) is 26.3 Å². The molecule has 0 saturated heterocycles. The third-order valence-electron chi connectivity index (χ3n) is 4.41. The van der Waals surface area contributed by atoms with Crippen molar-refractivity contribution in [2.75, 3.05) is 12.4 Å². The first kappa shape index (κ1) is 19.8. The summed E-state index contributed by atoms with van der Waals surface area (Å²) in [5.74, 6) is -1.76. The standard InChI is InChI=1S/C23H19NO5/c1-29-21(25)14-15-10-12-16(13-11-15)24-22(26)19-8-4-2-6-17(19)18-7-3-5-9-20(18)23(27)28/h2-13H,14H2,1H3,(H,24,26)(H,27,28). The number of methoxy groups -OCH3 is 1. The SMILES string of the molecule is COC(=O)Cc1ccc(NC(=O)c2ccccc2-c2ccccc2C(=O)O)cc1. The van der Waals surface area contributed by atoms with Gasteiger partial charge in [-0.3, -0.25) is 9.59 Å². The van der Waals surface area contributed by atoms with E-state index in [1.165, 1.54) is 13.2 Å². The molecule has 0 saturated carbocycles. The van der Waals surface area contributed by atoms with Gasteiger partial charge < -0.3 is 15.2 Å². The van der Waals surface area contributed by atoms with Crippen molar-refractivity contribution in [3.63, 3.8) is 0 Å². The maximum atomic E-state index is 12.9. The van der Waals surface area contributed by atoms with E-state index in [-0.39, 0.29) is 23.9 Å². The fourth-order valence-electron chi connectivity index (χ4n) is 2.96. The Kier molecular flexibility index (Phi) is 6.04. The van der Waals surface area contributed by atoms with Crippen LogP contribution in [-0.4, -0.2) is 30.1 Å². The molecule has 0 radical (unpaired) electrons. The minimum atomic E-state index is -1.06. The number of anilines is 1. The number of carbonyl (C=O) groups is 3. The van der Waals surface area contributed by atoms with Gasteiger partial charge in [-0.1, -0.05) is 48.5 Å². The first-order valence-corrected chi connectivity index (χ1v) is 8.88. The molecule has 29 heavy (non-hydrogen) atoms. The molecular formula is C23H19NO5. The summed E-state index contributed by atoms with van der Waals surface area (Å²) < 4.78 is 4.64. The van der Waals surface area contributed by atoms with E-state index in [4.69, 9.17) is 0 Å². The van der Waals surface area contributed by atoms with Crippen LogP contribution in [0.4, 0.5) is 5.69 Å². The number of esters is 1. The minimum Gasteiger partial charge on any atom is -0.478 e. The summed E-state index contributed by atoms with van der Waals surface area (Å²) >= 11 is 0. The second-order valence-corrected chi connectivity index (χ2v) is 6.30. The van der Waals surface area contributed by atoms with Crippen molar-refractivity contribution < 1.29 is 24.2 Å². The Morgan fingerprint density at radius 1 is 0.828 bits per heavy atom. The van der Waals surface area contributed by atoms with E-state index in [2.05, 4.69) is 10.1 Å². The Morgan fingerprint density at radius 3 is 1.97 bits per heavy atom. The number of ether oxygens (including phenoxy) is 1. The molecule has 0 aliphatic heterocycles. The lowest BCUT2D eigenvalue weighted by Gasteiger charge is -2.12. The molecule has 0 atom stereocenters. The number of aromatic carboxylic acids is 1. The highest BCUT2D eigenvalue weighted by molar-refractivity contribution is 6.10. The molecule has 6 heteroatoms. The van der Waals surface area contributed by atoms with E-state index < -0.39 is 5.97 Å². The fraction of sp³-hybridized carbons (Fsp3) is 0.0870. The highest BCUT2D eigenvalue weighted by Gasteiger charge is 2.17. The van der Waals surface area contributed by atoms with Crippen molar-refractivity contribution >= 4 is 23.5 Å². The maximum absolute atomic E-state index is 12.9. The van der Waals surface area contributed by atoms with Crippen LogP contribution < -0.4 is 5.32 Å². The van der Waals surface area contributed by atoms with Crippen molar-refractivity contribution in [2.24, 2.45) is 0 Å². The number of carbonyl (C=O) groups excluding carboxylic acids is 2. The third-order valence-corrected chi connectivity index (χ3v) is 4.41. The van der Waals surface area contributed by atoms with Crippen molar-refractivity contribution in [2.45, 2.75) is 6.42 Å². The molecular weight excluding hydrogens is 370 g/mol. The van der Waals surface area contributed by atoms with Crippen molar-refractivity contribution in [3.8, 4) is 11.1 Å². The van der Waals surface area contributed by atoms with E-state index in [0.717, 1.165) is 5.56 Å². The molecule has 0 spiro atoms. The van der Waals surface area contributed by atoms with Crippen LogP contribution in [0.15, 0.2) is 72.8 Å². The molecule has 0 bridgehead atoms. The molecule has 6 nitrogen and oxygen atoms in total. The van der Waals surface area contributed by atoms with Gasteiger partial charge in [-0.2, -0.15) is 0 Å². The number of benzene rings is 3. The number of hydrogen-bond donors (Lipinski definition) is 2. The van der Waals surface area contributed by atoms with Crippen LogP contribution in [0.25, 0.3) is 11.1 Å². The Labute approximate surface area is 167 Å². The van der Waals surface area contributed by atoms with Crippen molar-refractivity contribution in [3.05, 3.63) is 89.5 Å². The molecule has 146 valence electrons. The number of amides is 1. The second kappa shape index (κ2) is 8.84. The van der Waals surface area contributed by atoms with Gasteiger partial charge in [0.1, 0.15) is 0 Å². The minimum absolute atomic E-state index is 0.125. The van der Waals surface area contributed by atoms with E-state index in [9.17, 15) is 19.5 Å². The van der Waals surface area contributed by atoms with Gasteiger partial charge in [-0.15, -0.1) is 0 Å². The number of rotatable bonds is 6. The highest BCUT2D eigenvalue weighted by Crippen LogP contribution is 2.28. The summed E-state index contributed by atoms with van der Waals surface area (Å²) in [6.07, 6.45) is 0.152. The highest BCUT2D eigenvalue weighted by atomic mass is 16.5. The van der Waals surface area contributed by atoms with Gasteiger partial charge in [-0.25, -0.2) is 4.79 Å². The molecule has 3 aromatic rings. The molecule has 0 aromatic heterocycles. The number of hydrogen-bond acceptors (Lipinski definition) is 4. The Balaban J connectivity index is 1.86. The van der Waals surface area contributed by atoms with Crippen LogP contribution in [0.5, 0.6) is 0 Å². The van der Waals surface area contributed by atoms with E-state index >= 15 is 0 Å². The molecule has 3 rings (SSSR count). The quantitative estimate of drug-likeness (QED) is 0.621. The first-order valence-electron chi connectivity index (χ1n) is 8.88. The molecule has 0 unspecified atom stereocenters. The predicted octanol–water partition coefficient (Wildman–Crippen LogP) is 4.02. The van der Waals surface area contributed by atoms with Gasteiger partial charge in [0, 0.05) is 11.3 Å². The molecule has 0 aliphatic rings. The number of carboxylic acids is 1. The summed E-state index contributed by atoms with van der Waals surface area (Å²) in [5, 5.41) is 12.3. The molecule has 0 fully saturated rings. The molecule has 2 N–H and O–H groups in total. The van der Waals surface area contributed by atoms with Gasteiger partial charge in [0.15, 0.2) is 0 Å². The van der Waals surface area contributed by atoms with Crippen LogP contribution in [-0.2, 0) is 16.0 Å². The summed E-state index contributed by atoms with van der Waals surface area (Å²) in [4.78, 5) is 35.8. The average molecular weight is 389 g/mol. The zero-order valence-corrected chi connectivity index (χ0v) is 15.7. The first-order chi connectivity index (χ1) is 14.0. The Morgan fingerprint density at radius 2 is 1.38 bits per heavy atom. The lowest BCUT2D eigenvalue weighted by Crippen LogP contribution is -2.14. The summed E-state index contributed by atoms with van der Waals surface area (Å²) in [5.41, 5.74) is 2.82. The smallest absolute Gasteiger partial charge is 0.336 e. The fourth-order valence-corrected chi connectivity index (χ4v) is 2.96. The van der Waals surface area contributed by atoms with Crippen LogP contribution >= 0.6 is 0 Å². The molecule has 3 aromatic carbocycles. The zero-order chi connectivity index (χ0) is 20.8. The van der Waals surface area contributed by atoms with Gasteiger partial charge >= 0.3 is 11.9 Å². The lowest BCUT2D eigenvalue weighted by molar-refractivity contribution is -0.139. The summed E-state index contributed by atoms with van der Waals surface area (Å²) in [6, 6.07) is 20.3. The second-order valence-electron chi connectivity index (χ2n) is 6.30. The number of nitrogens with one attached hydrogen (secondary N) is 1. The monoisotopic (exact) mass is 389 g/mol. The lowest BCUT2D eigenvalue weighted by atomic mass is 9.95. The van der Waals surface area contributed by atoms with Crippen LogP contribution in [0, 0.1) is 0 Å². The predicted molar refractivity (Wildman–Crippen MR) is 109 cm³/mol. The van der Waals surface area contributed by atoms with Crippen molar-refractivity contribution in [1.29, 1.82) is 0 Å². The summed E-state index contributed by atoms with van der Waals surface area (Å²) in [7, 11) is 1.33. The Hall–Kier alpha value is -3.93. The van der Waals surface area contributed by atoms with Crippen molar-refractivity contribution in [1.82, 2.24) is 0 Å². The zero-order valence-electron chi connectivity index (χ0n) is 15.7. The summed E-state index contributed by atoms with van der Waals surface area (Å²) in [6.45, 7) is 0. The normalized spacial score (nSPS) is 10.2. The van der Waals surface area contributed by atoms with Crippen LogP contribution in [0.2, 0.25) is 0 Å². The van der Waals surface area contributed by atoms with E-state index in [1.54, 1.807) is 66.7 Å². The van der Waals surface area contributed by atoms with Gasteiger partial charge in [-0.05, 0) is 41.0 Å². The third kappa shape index (κ3) is 4.68. The van der Waals surface area contributed by atoms with Gasteiger partial charge in [0.2, 0.25) is 0 Å². The largest absolute Gasteiger partial charge is 0.478 e. The molecule has 0 heterocycles. The Bertz CT molecular complexity index is 1060. The van der Waals surface area contributed by atoms with E-state index in [0.29, 0.717) is 22.4 Å².